The number of Topliss-reactive ketones (excluding diaryl/α,β-unsaturated/α-hetero) is 1. The van der Waals surface area contributed by atoms with E-state index in [0.29, 0.717) is 11.5 Å². The van der Waals surface area contributed by atoms with Crippen LogP contribution in [0, 0.1) is 6.92 Å². The summed E-state index contributed by atoms with van der Waals surface area (Å²) in [5.41, 5.74) is 2.72. The largest absolute Gasteiger partial charge is 0.493 e. The van der Waals surface area contributed by atoms with Crippen LogP contribution < -0.4 is 4.74 Å². The fraction of sp³-hybridized carbons (Fsp3) is 0.562. The van der Waals surface area contributed by atoms with Crippen LogP contribution >= 0.6 is 11.6 Å². The zero-order valence-corrected chi connectivity index (χ0v) is 13.0. The predicted octanol–water partition coefficient (Wildman–Crippen LogP) is 4.72. The minimum Gasteiger partial charge on any atom is -0.493 e. The summed E-state index contributed by atoms with van der Waals surface area (Å²) in [5.74, 6) is 1.21. The number of unbranched alkanes of at least 4 members (excludes halogenated alkanes) is 1. The maximum absolute atomic E-state index is 11.8. The first-order valence-electron chi connectivity index (χ1n) is 6.87. The lowest BCUT2D eigenvalue weighted by atomic mass is 9.95. The highest BCUT2D eigenvalue weighted by atomic mass is 35.5. The number of benzene rings is 1. The molecule has 0 amide bonds. The van der Waals surface area contributed by atoms with Crippen LogP contribution in [0.5, 0.6) is 5.75 Å². The van der Waals surface area contributed by atoms with Gasteiger partial charge < -0.3 is 4.74 Å². The number of aryl methyl sites for hydroxylation is 1. The quantitative estimate of drug-likeness (QED) is 0.411. The van der Waals surface area contributed by atoms with Crippen LogP contribution in [0.3, 0.4) is 0 Å². The second kappa shape index (κ2) is 7.54. The lowest BCUT2D eigenvalue weighted by Gasteiger charge is -2.17. The number of rotatable bonds is 7. The molecule has 0 atom stereocenters. The molecule has 0 bridgehead atoms. The third-order valence-corrected chi connectivity index (χ3v) is 3.40. The van der Waals surface area contributed by atoms with E-state index in [0.717, 1.165) is 36.3 Å². The van der Waals surface area contributed by atoms with Gasteiger partial charge in [-0.15, -0.1) is 11.6 Å². The first-order chi connectivity index (χ1) is 9.01. The standard InChI is InChI=1S/C16H23ClO2/c1-5-6-7-19-16-8-12(4)14(15(18)10-17)9-13(16)11(2)3/h8-9,11H,5-7,10H2,1-4H3. The van der Waals surface area contributed by atoms with Gasteiger partial charge in [-0.2, -0.15) is 0 Å². The average molecular weight is 283 g/mol. The molecule has 0 radical (unpaired) electrons. The molecule has 0 saturated carbocycles. The van der Waals surface area contributed by atoms with Crippen molar-refractivity contribution in [3.63, 3.8) is 0 Å². The lowest BCUT2D eigenvalue weighted by molar-refractivity contribution is 0.102. The van der Waals surface area contributed by atoms with Crippen LogP contribution in [-0.2, 0) is 0 Å². The zero-order valence-electron chi connectivity index (χ0n) is 12.3. The van der Waals surface area contributed by atoms with Gasteiger partial charge >= 0.3 is 0 Å². The first-order valence-corrected chi connectivity index (χ1v) is 7.41. The Labute approximate surface area is 121 Å². The van der Waals surface area contributed by atoms with Crippen LogP contribution in [0.2, 0.25) is 0 Å². The molecule has 0 saturated heterocycles. The number of hydrogen-bond donors (Lipinski definition) is 0. The Morgan fingerprint density at radius 3 is 2.58 bits per heavy atom. The van der Waals surface area contributed by atoms with Crippen molar-refractivity contribution in [3.05, 3.63) is 28.8 Å². The van der Waals surface area contributed by atoms with E-state index in [1.807, 2.05) is 19.1 Å². The molecule has 106 valence electrons. The molecule has 0 aliphatic carbocycles. The van der Waals surface area contributed by atoms with Crippen LogP contribution in [0.15, 0.2) is 12.1 Å². The van der Waals surface area contributed by atoms with Crippen molar-refractivity contribution in [1.82, 2.24) is 0 Å². The van der Waals surface area contributed by atoms with E-state index < -0.39 is 0 Å². The highest BCUT2D eigenvalue weighted by Crippen LogP contribution is 2.30. The van der Waals surface area contributed by atoms with Gasteiger partial charge in [-0.3, -0.25) is 4.79 Å². The number of hydrogen-bond acceptors (Lipinski definition) is 2. The molecule has 0 unspecified atom stereocenters. The molecule has 0 aliphatic rings. The molecule has 0 heterocycles. The van der Waals surface area contributed by atoms with Gasteiger partial charge in [0.15, 0.2) is 5.78 Å². The van der Waals surface area contributed by atoms with Gasteiger partial charge in [-0.25, -0.2) is 0 Å². The van der Waals surface area contributed by atoms with E-state index in [2.05, 4.69) is 20.8 Å². The Morgan fingerprint density at radius 2 is 2.05 bits per heavy atom. The molecule has 0 fully saturated rings. The molecule has 1 aromatic carbocycles. The van der Waals surface area contributed by atoms with Crippen LogP contribution in [0.25, 0.3) is 0 Å². The summed E-state index contributed by atoms with van der Waals surface area (Å²) in [6.07, 6.45) is 2.15. The Balaban J connectivity index is 3.10. The summed E-state index contributed by atoms with van der Waals surface area (Å²) >= 11 is 5.65. The third kappa shape index (κ3) is 4.24. The van der Waals surface area contributed by atoms with E-state index in [1.165, 1.54) is 0 Å². The molecule has 2 nitrogen and oxygen atoms in total. The van der Waals surface area contributed by atoms with Gasteiger partial charge in [0.1, 0.15) is 5.75 Å². The Morgan fingerprint density at radius 1 is 1.37 bits per heavy atom. The summed E-state index contributed by atoms with van der Waals surface area (Å²) in [4.78, 5) is 11.8. The summed E-state index contributed by atoms with van der Waals surface area (Å²) in [5, 5.41) is 0. The molecule has 1 rings (SSSR count). The van der Waals surface area contributed by atoms with Crippen molar-refractivity contribution >= 4 is 17.4 Å². The van der Waals surface area contributed by atoms with Crippen LogP contribution in [0.4, 0.5) is 0 Å². The highest BCUT2D eigenvalue weighted by Gasteiger charge is 2.15. The maximum atomic E-state index is 11.8. The Bertz CT molecular complexity index is 439. The summed E-state index contributed by atoms with van der Waals surface area (Å²) < 4.78 is 5.84. The summed E-state index contributed by atoms with van der Waals surface area (Å²) in [6.45, 7) is 8.99. The smallest absolute Gasteiger partial charge is 0.177 e. The average Bonchev–Trinajstić information content (AvgIpc) is 2.38. The Kier molecular flexibility index (Phi) is 6.36. The number of carbonyl (C=O) groups excluding carboxylic acids is 1. The van der Waals surface area contributed by atoms with Gasteiger partial charge in [0.05, 0.1) is 12.5 Å². The van der Waals surface area contributed by atoms with Gasteiger partial charge in [0.25, 0.3) is 0 Å². The minimum absolute atomic E-state index is 0.0222. The third-order valence-electron chi connectivity index (χ3n) is 3.16. The van der Waals surface area contributed by atoms with Crippen molar-refractivity contribution < 1.29 is 9.53 Å². The monoisotopic (exact) mass is 282 g/mol. The fourth-order valence-corrected chi connectivity index (χ4v) is 2.12. The molecule has 0 N–H and O–H groups in total. The van der Waals surface area contributed by atoms with E-state index in [-0.39, 0.29) is 11.7 Å². The topological polar surface area (TPSA) is 26.3 Å². The maximum Gasteiger partial charge on any atom is 0.177 e. The number of carbonyl (C=O) groups is 1. The molecular formula is C16H23ClO2. The summed E-state index contributed by atoms with van der Waals surface area (Å²) in [6, 6.07) is 3.90. The molecule has 0 aliphatic heterocycles. The molecule has 19 heavy (non-hydrogen) atoms. The normalized spacial score (nSPS) is 10.8. The second-order valence-electron chi connectivity index (χ2n) is 5.12. The number of ketones is 1. The van der Waals surface area contributed by atoms with Crippen molar-refractivity contribution in [2.24, 2.45) is 0 Å². The van der Waals surface area contributed by atoms with Crippen molar-refractivity contribution in [3.8, 4) is 5.75 Å². The number of halogens is 1. The molecule has 1 aromatic rings. The van der Waals surface area contributed by atoms with Crippen LogP contribution in [0.1, 0.15) is 61.0 Å². The van der Waals surface area contributed by atoms with Gasteiger partial charge in [-0.1, -0.05) is 27.2 Å². The lowest BCUT2D eigenvalue weighted by Crippen LogP contribution is -2.08. The SMILES string of the molecule is CCCCOc1cc(C)c(C(=O)CCl)cc1C(C)C. The first kappa shape index (κ1) is 16.0. The van der Waals surface area contributed by atoms with E-state index in [4.69, 9.17) is 16.3 Å². The van der Waals surface area contributed by atoms with E-state index >= 15 is 0 Å². The van der Waals surface area contributed by atoms with E-state index in [9.17, 15) is 4.79 Å². The predicted molar refractivity (Wildman–Crippen MR) is 80.7 cm³/mol. The zero-order chi connectivity index (χ0) is 14.4. The van der Waals surface area contributed by atoms with Crippen molar-refractivity contribution in [1.29, 1.82) is 0 Å². The second-order valence-corrected chi connectivity index (χ2v) is 5.39. The van der Waals surface area contributed by atoms with Gasteiger partial charge in [0.2, 0.25) is 0 Å². The highest BCUT2D eigenvalue weighted by molar-refractivity contribution is 6.30. The molecule has 0 aromatic heterocycles. The fourth-order valence-electron chi connectivity index (χ4n) is 1.97. The van der Waals surface area contributed by atoms with Crippen molar-refractivity contribution in [2.75, 3.05) is 12.5 Å². The molecular weight excluding hydrogens is 260 g/mol. The number of ether oxygens (including phenoxy) is 1. The molecule has 3 heteroatoms. The van der Waals surface area contributed by atoms with Gasteiger partial charge in [-0.05, 0) is 42.5 Å². The van der Waals surface area contributed by atoms with Gasteiger partial charge in [0, 0.05) is 5.56 Å². The molecule has 0 spiro atoms. The minimum atomic E-state index is -0.0267. The van der Waals surface area contributed by atoms with E-state index in [1.54, 1.807) is 0 Å². The summed E-state index contributed by atoms with van der Waals surface area (Å²) in [7, 11) is 0. The Hall–Kier alpha value is -1.02. The van der Waals surface area contributed by atoms with Crippen LogP contribution in [-0.4, -0.2) is 18.3 Å². The number of alkyl halides is 1. The van der Waals surface area contributed by atoms with Crippen molar-refractivity contribution in [2.45, 2.75) is 46.5 Å².